The largest absolute Gasteiger partial charge is 0.348 e. The lowest BCUT2D eigenvalue weighted by Gasteiger charge is -2.13. The fraction of sp³-hybridized carbons (Fsp3) is 0.100. The first-order valence-corrected chi connectivity index (χ1v) is 4.64. The number of amides is 5. The first-order valence-electron chi connectivity index (χ1n) is 4.64. The van der Waals surface area contributed by atoms with Crippen molar-refractivity contribution in [3.63, 3.8) is 0 Å². The molecule has 0 unspecified atom stereocenters. The molecule has 0 heterocycles. The SMILES string of the molecule is CN(C(=O)NO)C(=O)NC(=O)c1ccccc1. The number of carbonyl (C=O) groups excluding carboxylic acids is 3. The van der Waals surface area contributed by atoms with E-state index in [1.165, 1.54) is 17.6 Å². The fourth-order valence-corrected chi connectivity index (χ4v) is 1.01. The molecule has 1 rings (SSSR count). The van der Waals surface area contributed by atoms with Crippen molar-refractivity contribution in [1.29, 1.82) is 0 Å². The van der Waals surface area contributed by atoms with Crippen LogP contribution in [0.1, 0.15) is 10.4 Å². The molecule has 0 aliphatic heterocycles. The molecule has 0 aliphatic carbocycles. The standard InChI is InChI=1S/C10H11N3O4/c1-13(10(16)12-17)9(15)11-8(14)7-5-3-2-4-6-7/h2-6,17H,1H3,(H,12,16)(H,11,14,15). The van der Waals surface area contributed by atoms with E-state index in [0.29, 0.717) is 10.5 Å². The molecule has 7 heteroatoms. The van der Waals surface area contributed by atoms with Crippen molar-refractivity contribution in [2.24, 2.45) is 0 Å². The Labute approximate surface area is 97.0 Å². The van der Waals surface area contributed by atoms with Crippen molar-refractivity contribution in [2.75, 3.05) is 7.05 Å². The van der Waals surface area contributed by atoms with Gasteiger partial charge >= 0.3 is 12.1 Å². The number of urea groups is 2. The zero-order valence-electron chi connectivity index (χ0n) is 9.01. The lowest BCUT2D eigenvalue weighted by Crippen LogP contribution is -2.47. The topological polar surface area (TPSA) is 98.7 Å². The van der Waals surface area contributed by atoms with E-state index in [1.807, 2.05) is 5.32 Å². The minimum atomic E-state index is -1.04. The van der Waals surface area contributed by atoms with Gasteiger partial charge in [-0.15, -0.1) is 0 Å². The molecule has 3 N–H and O–H groups in total. The van der Waals surface area contributed by atoms with Gasteiger partial charge in [0.05, 0.1) is 0 Å². The Balaban J connectivity index is 2.64. The average molecular weight is 237 g/mol. The van der Waals surface area contributed by atoms with Gasteiger partial charge in [-0.1, -0.05) is 18.2 Å². The summed E-state index contributed by atoms with van der Waals surface area (Å²) in [6, 6.07) is 6.08. The monoisotopic (exact) mass is 237 g/mol. The van der Waals surface area contributed by atoms with Gasteiger partial charge in [-0.3, -0.25) is 15.3 Å². The normalized spacial score (nSPS) is 9.29. The molecule has 0 spiro atoms. The van der Waals surface area contributed by atoms with Crippen molar-refractivity contribution in [1.82, 2.24) is 15.7 Å². The molecule has 7 nitrogen and oxygen atoms in total. The first-order chi connectivity index (χ1) is 8.06. The Morgan fingerprint density at radius 3 is 2.24 bits per heavy atom. The maximum absolute atomic E-state index is 11.5. The molecule has 17 heavy (non-hydrogen) atoms. The summed E-state index contributed by atoms with van der Waals surface area (Å²) in [4.78, 5) is 34.3. The molecule has 0 radical (unpaired) electrons. The highest BCUT2D eigenvalue weighted by molar-refractivity contribution is 6.07. The Bertz CT molecular complexity index is 432. The van der Waals surface area contributed by atoms with Gasteiger partial charge in [-0.2, -0.15) is 0 Å². The van der Waals surface area contributed by atoms with Gasteiger partial charge < -0.3 is 0 Å². The molecule has 1 aromatic carbocycles. The summed E-state index contributed by atoms with van der Waals surface area (Å²) in [5.74, 6) is -0.631. The minimum absolute atomic E-state index is 0.290. The third kappa shape index (κ3) is 3.28. The van der Waals surface area contributed by atoms with Crippen LogP contribution in [0.3, 0.4) is 0 Å². The van der Waals surface area contributed by atoms with Gasteiger partial charge in [0.2, 0.25) is 0 Å². The summed E-state index contributed by atoms with van der Waals surface area (Å²) in [5.41, 5.74) is 1.56. The van der Waals surface area contributed by atoms with Gasteiger partial charge in [0.25, 0.3) is 5.91 Å². The Kier molecular flexibility index (Phi) is 4.18. The molecular formula is C10H11N3O4. The molecule has 0 aromatic heterocycles. The van der Waals surface area contributed by atoms with Gasteiger partial charge in [0.1, 0.15) is 0 Å². The van der Waals surface area contributed by atoms with Gasteiger partial charge in [-0.25, -0.2) is 20.0 Å². The third-order valence-electron chi connectivity index (χ3n) is 1.96. The number of nitrogens with zero attached hydrogens (tertiary/aromatic N) is 1. The second kappa shape index (κ2) is 5.61. The predicted molar refractivity (Wildman–Crippen MR) is 57.4 cm³/mol. The van der Waals surface area contributed by atoms with Crippen molar-refractivity contribution < 1.29 is 19.6 Å². The summed E-state index contributed by atoms with van der Waals surface area (Å²) in [6.07, 6.45) is 0. The molecule has 0 saturated heterocycles. The molecule has 0 atom stereocenters. The van der Waals surface area contributed by atoms with Crippen LogP contribution < -0.4 is 10.8 Å². The average Bonchev–Trinajstić information content (AvgIpc) is 2.37. The second-order valence-electron chi connectivity index (χ2n) is 3.10. The number of hydroxylamine groups is 1. The summed E-state index contributed by atoms with van der Waals surface area (Å²) in [7, 11) is 1.11. The lowest BCUT2D eigenvalue weighted by atomic mass is 10.2. The van der Waals surface area contributed by atoms with Crippen LogP contribution in [0, 0.1) is 0 Å². The summed E-state index contributed by atoms with van der Waals surface area (Å²) < 4.78 is 0. The van der Waals surface area contributed by atoms with Gasteiger partial charge in [0.15, 0.2) is 0 Å². The van der Waals surface area contributed by atoms with Crippen LogP contribution >= 0.6 is 0 Å². The maximum atomic E-state index is 11.5. The third-order valence-corrected chi connectivity index (χ3v) is 1.96. The van der Waals surface area contributed by atoms with Crippen molar-refractivity contribution in [2.45, 2.75) is 0 Å². The van der Waals surface area contributed by atoms with Crippen LogP contribution in [0.15, 0.2) is 30.3 Å². The van der Waals surface area contributed by atoms with E-state index in [1.54, 1.807) is 18.2 Å². The first kappa shape index (κ1) is 12.7. The number of hydrogen-bond donors (Lipinski definition) is 3. The molecule has 0 bridgehead atoms. The Morgan fingerprint density at radius 2 is 1.71 bits per heavy atom. The van der Waals surface area contributed by atoms with Crippen LogP contribution in [-0.2, 0) is 0 Å². The molecule has 90 valence electrons. The lowest BCUT2D eigenvalue weighted by molar-refractivity contribution is 0.0952. The van der Waals surface area contributed by atoms with Crippen LogP contribution in [0.2, 0.25) is 0 Å². The van der Waals surface area contributed by atoms with E-state index < -0.39 is 18.0 Å². The predicted octanol–water partition coefficient (Wildman–Crippen LogP) is 0.567. The quantitative estimate of drug-likeness (QED) is 0.491. The zero-order chi connectivity index (χ0) is 12.8. The van der Waals surface area contributed by atoms with E-state index in [9.17, 15) is 14.4 Å². The number of hydrogen-bond acceptors (Lipinski definition) is 4. The van der Waals surface area contributed by atoms with Crippen molar-refractivity contribution in [3.8, 4) is 0 Å². The van der Waals surface area contributed by atoms with Gasteiger partial charge in [-0.05, 0) is 12.1 Å². The maximum Gasteiger partial charge on any atom is 0.348 e. The van der Waals surface area contributed by atoms with E-state index in [0.717, 1.165) is 7.05 Å². The van der Waals surface area contributed by atoms with Crippen LogP contribution in [0.5, 0.6) is 0 Å². The molecular weight excluding hydrogens is 226 g/mol. The fourth-order valence-electron chi connectivity index (χ4n) is 1.01. The second-order valence-corrected chi connectivity index (χ2v) is 3.10. The van der Waals surface area contributed by atoms with Crippen molar-refractivity contribution in [3.05, 3.63) is 35.9 Å². The van der Waals surface area contributed by atoms with E-state index in [2.05, 4.69) is 0 Å². The Morgan fingerprint density at radius 1 is 1.12 bits per heavy atom. The van der Waals surface area contributed by atoms with Crippen LogP contribution in [-0.4, -0.2) is 35.1 Å². The molecule has 1 aromatic rings. The number of rotatable bonds is 1. The van der Waals surface area contributed by atoms with Gasteiger partial charge in [0, 0.05) is 12.6 Å². The number of imide groups is 2. The number of carbonyl (C=O) groups is 3. The molecule has 0 saturated carbocycles. The van der Waals surface area contributed by atoms with E-state index in [4.69, 9.17) is 5.21 Å². The highest BCUT2D eigenvalue weighted by atomic mass is 16.5. The zero-order valence-corrected chi connectivity index (χ0v) is 9.01. The van der Waals surface area contributed by atoms with E-state index in [-0.39, 0.29) is 0 Å². The minimum Gasteiger partial charge on any atom is -0.287 e. The van der Waals surface area contributed by atoms with Crippen LogP contribution in [0.25, 0.3) is 0 Å². The molecule has 0 fully saturated rings. The summed E-state index contributed by atoms with van der Waals surface area (Å²) in [5, 5.41) is 10.3. The smallest absolute Gasteiger partial charge is 0.287 e. The Hall–Kier alpha value is -2.41. The number of nitrogens with one attached hydrogen (secondary N) is 2. The molecule has 0 aliphatic rings. The molecule has 5 amide bonds. The summed E-state index contributed by atoms with van der Waals surface area (Å²) >= 11 is 0. The highest BCUT2D eigenvalue weighted by Gasteiger charge is 2.18. The van der Waals surface area contributed by atoms with E-state index >= 15 is 0 Å². The van der Waals surface area contributed by atoms with Crippen LogP contribution in [0.4, 0.5) is 9.59 Å². The van der Waals surface area contributed by atoms with Crippen molar-refractivity contribution >= 4 is 18.0 Å². The highest BCUT2D eigenvalue weighted by Crippen LogP contribution is 1.98. The number of benzene rings is 1. The summed E-state index contributed by atoms with van der Waals surface area (Å²) in [6.45, 7) is 0.